The van der Waals surface area contributed by atoms with Gasteiger partial charge in [0.2, 0.25) is 0 Å². The minimum Gasteiger partial charge on any atom is -0.367 e. The average Bonchev–Trinajstić information content (AvgIpc) is 2.56. The molecule has 3 N–H and O–H groups in total. The van der Waals surface area contributed by atoms with Gasteiger partial charge in [0.25, 0.3) is 5.91 Å². The van der Waals surface area contributed by atoms with Crippen LogP contribution in [0.4, 0.5) is 5.69 Å². The SMILES string of the molecule is Cc1ccc(N2CC(C)(C(O)O)C(=O)N2)c(C)c1. The maximum absolute atomic E-state index is 11.8. The second-order valence-electron chi connectivity index (χ2n) is 5.11. The molecule has 5 nitrogen and oxygen atoms in total. The topological polar surface area (TPSA) is 72.8 Å². The number of benzene rings is 1. The van der Waals surface area contributed by atoms with Crippen molar-refractivity contribution < 1.29 is 15.0 Å². The van der Waals surface area contributed by atoms with Gasteiger partial charge >= 0.3 is 0 Å². The zero-order chi connectivity index (χ0) is 13.5. The summed E-state index contributed by atoms with van der Waals surface area (Å²) in [4.78, 5) is 11.8. The van der Waals surface area contributed by atoms with E-state index in [0.29, 0.717) is 0 Å². The number of amides is 1. The van der Waals surface area contributed by atoms with Gasteiger partial charge in [0.15, 0.2) is 6.29 Å². The molecule has 2 rings (SSSR count). The molecule has 98 valence electrons. The van der Waals surface area contributed by atoms with Crippen molar-refractivity contribution in [3.8, 4) is 0 Å². The number of aliphatic hydroxyl groups excluding tert-OH is 1. The number of carbonyl (C=O) groups excluding carboxylic acids is 1. The van der Waals surface area contributed by atoms with Crippen LogP contribution in [0.15, 0.2) is 18.2 Å². The molecular weight excluding hydrogens is 232 g/mol. The summed E-state index contributed by atoms with van der Waals surface area (Å²) in [5.74, 6) is -0.377. The number of rotatable bonds is 2. The summed E-state index contributed by atoms with van der Waals surface area (Å²) in [6.45, 7) is 5.73. The summed E-state index contributed by atoms with van der Waals surface area (Å²) < 4.78 is 0. The molecule has 1 atom stereocenters. The number of nitrogens with zero attached hydrogens (tertiary/aromatic N) is 1. The maximum Gasteiger partial charge on any atom is 0.251 e. The summed E-state index contributed by atoms with van der Waals surface area (Å²) in [7, 11) is 0. The summed E-state index contributed by atoms with van der Waals surface area (Å²) in [5.41, 5.74) is 4.53. The lowest BCUT2D eigenvalue weighted by atomic mass is 9.90. The number of hydrogen-bond acceptors (Lipinski definition) is 4. The van der Waals surface area contributed by atoms with E-state index in [9.17, 15) is 15.0 Å². The molecule has 1 aliphatic heterocycles. The van der Waals surface area contributed by atoms with Gasteiger partial charge in [-0.1, -0.05) is 17.7 Å². The fourth-order valence-corrected chi connectivity index (χ4v) is 2.14. The van der Waals surface area contributed by atoms with Crippen molar-refractivity contribution in [1.29, 1.82) is 0 Å². The monoisotopic (exact) mass is 250 g/mol. The lowest BCUT2D eigenvalue weighted by Gasteiger charge is -2.24. The highest BCUT2D eigenvalue weighted by Gasteiger charge is 2.47. The van der Waals surface area contributed by atoms with Gasteiger partial charge in [-0.25, -0.2) is 0 Å². The first kappa shape index (κ1) is 12.9. The van der Waals surface area contributed by atoms with Crippen molar-refractivity contribution in [1.82, 2.24) is 5.43 Å². The molecule has 1 unspecified atom stereocenters. The van der Waals surface area contributed by atoms with Gasteiger partial charge in [0.05, 0.1) is 12.2 Å². The largest absolute Gasteiger partial charge is 0.367 e. The summed E-state index contributed by atoms with van der Waals surface area (Å²) in [6, 6.07) is 5.90. The first-order chi connectivity index (χ1) is 8.34. The van der Waals surface area contributed by atoms with Crippen molar-refractivity contribution in [3.05, 3.63) is 29.3 Å². The molecule has 0 saturated carbocycles. The van der Waals surface area contributed by atoms with Crippen LogP contribution in [0.1, 0.15) is 18.1 Å². The van der Waals surface area contributed by atoms with E-state index in [1.165, 1.54) is 6.92 Å². The molecule has 1 aliphatic rings. The molecule has 5 heteroatoms. The fraction of sp³-hybridized carbons (Fsp3) is 0.462. The van der Waals surface area contributed by atoms with Crippen LogP contribution in [0, 0.1) is 19.3 Å². The lowest BCUT2D eigenvalue weighted by molar-refractivity contribution is -0.153. The van der Waals surface area contributed by atoms with Gasteiger partial charge in [-0.3, -0.25) is 15.2 Å². The summed E-state index contributed by atoms with van der Waals surface area (Å²) >= 11 is 0. The first-order valence-electron chi connectivity index (χ1n) is 5.86. The molecule has 0 aliphatic carbocycles. The minimum atomic E-state index is -1.67. The van der Waals surface area contributed by atoms with Gasteiger partial charge in [-0.15, -0.1) is 0 Å². The fourth-order valence-electron chi connectivity index (χ4n) is 2.14. The molecular formula is C13H18N2O3. The molecule has 1 aromatic carbocycles. The van der Waals surface area contributed by atoms with Crippen molar-refractivity contribution in [2.24, 2.45) is 5.41 Å². The van der Waals surface area contributed by atoms with Crippen LogP contribution < -0.4 is 10.4 Å². The molecule has 1 fully saturated rings. The Morgan fingerprint density at radius 1 is 1.39 bits per heavy atom. The third kappa shape index (κ3) is 1.95. The summed E-state index contributed by atoms with van der Waals surface area (Å²) in [5, 5.41) is 20.3. The highest BCUT2D eigenvalue weighted by Crippen LogP contribution is 2.31. The average molecular weight is 250 g/mol. The van der Waals surface area contributed by atoms with E-state index in [1.54, 1.807) is 5.01 Å². The van der Waals surface area contributed by atoms with Crippen molar-refractivity contribution >= 4 is 11.6 Å². The Bertz CT molecular complexity index is 487. The Hall–Kier alpha value is -1.59. The Balaban J connectivity index is 2.30. The Labute approximate surface area is 106 Å². The van der Waals surface area contributed by atoms with Crippen LogP contribution in [0.25, 0.3) is 0 Å². The van der Waals surface area contributed by atoms with Crippen molar-refractivity contribution in [2.45, 2.75) is 27.1 Å². The molecule has 1 saturated heterocycles. The van der Waals surface area contributed by atoms with Crippen LogP contribution in [0.5, 0.6) is 0 Å². The van der Waals surface area contributed by atoms with E-state index >= 15 is 0 Å². The van der Waals surface area contributed by atoms with Gasteiger partial charge in [-0.2, -0.15) is 0 Å². The number of hydrogen-bond donors (Lipinski definition) is 3. The third-order valence-electron chi connectivity index (χ3n) is 3.45. The Morgan fingerprint density at radius 3 is 2.56 bits per heavy atom. The van der Waals surface area contributed by atoms with E-state index in [0.717, 1.165) is 16.8 Å². The molecule has 18 heavy (non-hydrogen) atoms. The zero-order valence-electron chi connectivity index (χ0n) is 10.8. The molecule has 0 radical (unpaired) electrons. The Morgan fingerprint density at radius 2 is 2.06 bits per heavy atom. The highest BCUT2D eigenvalue weighted by atomic mass is 16.5. The predicted octanol–water partition coefficient (Wildman–Crippen LogP) is 0.472. The van der Waals surface area contributed by atoms with E-state index in [4.69, 9.17) is 0 Å². The number of nitrogens with one attached hydrogen (secondary N) is 1. The highest BCUT2D eigenvalue weighted by molar-refractivity contribution is 5.88. The van der Waals surface area contributed by atoms with Gasteiger partial charge in [0.1, 0.15) is 5.41 Å². The van der Waals surface area contributed by atoms with Gasteiger partial charge < -0.3 is 10.2 Å². The standard InChI is InChI=1S/C13H18N2O3/c1-8-4-5-10(9(2)6-8)15-7-13(3,12(17)18)11(16)14-15/h4-6,12,17-18H,7H2,1-3H3,(H,14,16). The molecule has 0 spiro atoms. The van der Waals surface area contributed by atoms with Crippen LogP contribution in [-0.2, 0) is 4.79 Å². The van der Waals surface area contributed by atoms with Crippen LogP contribution in [-0.4, -0.2) is 29.0 Å². The van der Waals surface area contributed by atoms with E-state index < -0.39 is 11.7 Å². The van der Waals surface area contributed by atoms with Gasteiger partial charge in [0, 0.05) is 0 Å². The van der Waals surface area contributed by atoms with Crippen LogP contribution in [0.2, 0.25) is 0 Å². The molecule has 0 bridgehead atoms. The molecule has 1 amide bonds. The normalized spacial score (nSPS) is 23.7. The first-order valence-corrected chi connectivity index (χ1v) is 5.86. The van der Waals surface area contributed by atoms with Gasteiger partial charge in [-0.05, 0) is 32.4 Å². The number of hydrazine groups is 1. The quantitative estimate of drug-likeness (QED) is 0.667. The second-order valence-corrected chi connectivity index (χ2v) is 5.11. The van der Waals surface area contributed by atoms with Crippen molar-refractivity contribution in [2.75, 3.05) is 11.6 Å². The predicted molar refractivity (Wildman–Crippen MR) is 67.7 cm³/mol. The molecule has 1 aromatic rings. The minimum absolute atomic E-state index is 0.230. The van der Waals surface area contributed by atoms with E-state index in [2.05, 4.69) is 5.43 Å². The maximum atomic E-state index is 11.8. The number of aryl methyl sites for hydroxylation is 2. The summed E-state index contributed by atoms with van der Waals surface area (Å²) in [6.07, 6.45) is -1.67. The van der Waals surface area contributed by atoms with E-state index in [-0.39, 0.29) is 12.5 Å². The Kier molecular flexibility index (Phi) is 3.04. The molecule has 1 heterocycles. The number of aliphatic hydroxyl groups is 2. The smallest absolute Gasteiger partial charge is 0.251 e. The molecule has 0 aromatic heterocycles. The zero-order valence-corrected chi connectivity index (χ0v) is 10.8. The van der Waals surface area contributed by atoms with Crippen molar-refractivity contribution in [3.63, 3.8) is 0 Å². The number of anilines is 1. The van der Waals surface area contributed by atoms with E-state index in [1.807, 2.05) is 32.0 Å². The second kappa shape index (κ2) is 4.26. The lowest BCUT2D eigenvalue weighted by Crippen LogP contribution is -2.40. The number of carbonyl (C=O) groups is 1. The third-order valence-corrected chi connectivity index (χ3v) is 3.45. The van der Waals surface area contributed by atoms with Crippen LogP contribution in [0.3, 0.4) is 0 Å². The van der Waals surface area contributed by atoms with Crippen LogP contribution >= 0.6 is 0 Å².